The Morgan fingerprint density at radius 1 is 1.03 bits per heavy atom. The second kappa shape index (κ2) is 9.59. The molecule has 1 aromatic carbocycles. The molecule has 2 N–H and O–H groups in total. The molecule has 0 aliphatic rings. The molecule has 1 heterocycles. The first-order chi connectivity index (χ1) is 13.4. The van der Waals surface area contributed by atoms with Crippen LogP contribution in [0.4, 0.5) is 30.8 Å². The number of alkyl halides is 6. The van der Waals surface area contributed by atoms with E-state index in [4.69, 9.17) is 46.4 Å². The van der Waals surface area contributed by atoms with Crippen molar-refractivity contribution in [2.24, 2.45) is 0 Å². The lowest BCUT2D eigenvalue weighted by molar-refractivity contribution is -0.137. The van der Waals surface area contributed by atoms with Gasteiger partial charge in [-0.3, -0.25) is 0 Å². The maximum absolute atomic E-state index is 12.9. The fraction of sp³-hybridized carbons (Fsp3) is 0.438. The van der Waals surface area contributed by atoms with Gasteiger partial charge in [-0.05, 0) is 43.6 Å². The van der Waals surface area contributed by atoms with E-state index >= 15 is 0 Å². The normalized spacial score (nSPS) is 13.1. The van der Waals surface area contributed by atoms with E-state index in [2.05, 4.69) is 25.6 Å². The van der Waals surface area contributed by atoms with E-state index in [9.17, 15) is 13.2 Å². The van der Waals surface area contributed by atoms with Gasteiger partial charge in [-0.15, -0.1) is 0 Å². The summed E-state index contributed by atoms with van der Waals surface area (Å²) in [5.74, 6) is 0.294. The number of nitrogens with one attached hydrogen (secondary N) is 2. The van der Waals surface area contributed by atoms with Crippen LogP contribution in [0.3, 0.4) is 0 Å². The van der Waals surface area contributed by atoms with E-state index in [0.29, 0.717) is 19.0 Å². The number of nitrogens with zero attached hydrogens (tertiary/aromatic N) is 4. The van der Waals surface area contributed by atoms with Crippen molar-refractivity contribution in [3.63, 3.8) is 0 Å². The van der Waals surface area contributed by atoms with Crippen molar-refractivity contribution < 1.29 is 13.2 Å². The van der Waals surface area contributed by atoms with E-state index in [1.54, 1.807) is 0 Å². The quantitative estimate of drug-likeness (QED) is 0.387. The highest BCUT2D eigenvalue weighted by Gasteiger charge is 2.35. The molecule has 6 nitrogen and oxygen atoms in total. The topological polar surface area (TPSA) is 66.0 Å². The summed E-state index contributed by atoms with van der Waals surface area (Å²) in [5, 5.41) is 5.37. The standard InChI is InChI=1S/C16H17Cl4F3N6/c1-3-29(4-2)14-27-12(17)26-13(28-14)25-11(15(18,19)20)24-10-7-5-6-9(8-10)16(21,22)23/h5-8,11,24H,3-4H2,1-2H3,(H,25,26,27,28). The maximum atomic E-state index is 12.9. The van der Waals surface area contributed by atoms with Crippen LogP contribution in [-0.4, -0.2) is 38.0 Å². The summed E-state index contributed by atoms with van der Waals surface area (Å²) in [7, 11) is 0. The molecule has 2 aromatic rings. The summed E-state index contributed by atoms with van der Waals surface area (Å²) in [6.07, 6.45) is -5.69. The van der Waals surface area contributed by atoms with E-state index in [0.717, 1.165) is 12.1 Å². The van der Waals surface area contributed by atoms with Crippen LogP contribution in [-0.2, 0) is 6.18 Å². The Bertz CT molecular complexity index is 827. The third-order valence-corrected chi connectivity index (χ3v) is 4.57. The van der Waals surface area contributed by atoms with Crippen molar-refractivity contribution in [1.29, 1.82) is 0 Å². The molecule has 0 spiro atoms. The highest BCUT2D eigenvalue weighted by atomic mass is 35.6. The predicted molar refractivity (Wildman–Crippen MR) is 111 cm³/mol. The largest absolute Gasteiger partial charge is 0.416 e. The molecule has 1 aromatic heterocycles. The molecule has 160 valence electrons. The smallest absolute Gasteiger partial charge is 0.362 e. The summed E-state index contributed by atoms with van der Waals surface area (Å²) < 4.78 is 36.9. The fourth-order valence-electron chi connectivity index (χ4n) is 2.33. The van der Waals surface area contributed by atoms with Gasteiger partial charge in [-0.1, -0.05) is 40.9 Å². The molecule has 1 atom stereocenters. The molecule has 1 unspecified atom stereocenters. The van der Waals surface area contributed by atoms with Crippen LogP contribution >= 0.6 is 46.4 Å². The minimum Gasteiger partial charge on any atom is -0.362 e. The lowest BCUT2D eigenvalue weighted by Gasteiger charge is -2.28. The van der Waals surface area contributed by atoms with Gasteiger partial charge in [0.2, 0.25) is 21.0 Å². The highest BCUT2D eigenvalue weighted by molar-refractivity contribution is 6.68. The van der Waals surface area contributed by atoms with Crippen molar-refractivity contribution in [3.05, 3.63) is 35.1 Å². The first-order valence-corrected chi connectivity index (χ1v) is 9.88. The van der Waals surface area contributed by atoms with Crippen molar-refractivity contribution in [2.75, 3.05) is 28.6 Å². The molecule has 0 amide bonds. The Labute approximate surface area is 185 Å². The Morgan fingerprint density at radius 3 is 2.24 bits per heavy atom. The molecule has 0 aliphatic heterocycles. The molecule has 0 radical (unpaired) electrons. The number of benzene rings is 1. The maximum Gasteiger partial charge on any atom is 0.416 e. The van der Waals surface area contributed by atoms with E-state index in [1.807, 2.05) is 18.7 Å². The average Bonchev–Trinajstić information content (AvgIpc) is 2.60. The van der Waals surface area contributed by atoms with Gasteiger partial charge in [0, 0.05) is 18.8 Å². The Morgan fingerprint density at radius 2 is 1.69 bits per heavy atom. The van der Waals surface area contributed by atoms with Gasteiger partial charge in [-0.2, -0.15) is 28.1 Å². The molecular weight excluding hydrogens is 475 g/mol. The lowest BCUT2D eigenvalue weighted by Crippen LogP contribution is -2.41. The first kappa shape index (κ1) is 23.9. The predicted octanol–water partition coefficient (Wildman–Crippen LogP) is 5.61. The van der Waals surface area contributed by atoms with Gasteiger partial charge in [0.05, 0.1) is 5.56 Å². The number of hydrogen-bond acceptors (Lipinski definition) is 6. The minimum absolute atomic E-state index is 0.0114. The van der Waals surface area contributed by atoms with Crippen LogP contribution in [0.1, 0.15) is 19.4 Å². The van der Waals surface area contributed by atoms with Gasteiger partial charge in [0.25, 0.3) is 0 Å². The third-order valence-electron chi connectivity index (χ3n) is 3.74. The van der Waals surface area contributed by atoms with Crippen molar-refractivity contribution >= 4 is 64.0 Å². The van der Waals surface area contributed by atoms with E-state index in [-0.39, 0.29) is 16.9 Å². The highest BCUT2D eigenvalue weighted by Crippen LogP contribution is 2.35. The summed E-state index contributed by atoms with van der Waals surface area (Å²) in [6, 6.07) is 4.47. The molecule has 0 saturated heterocycles. The monoisotopic (exact) mass is 490 g/mol. The number of halogens is 7. The SMILES string of the molecule is CCN(CC)c1nc(Cl)nc(NC(Nc2cccc(C(F)(F)F)c2)C(Cl)(Cl)Cl)n1. The molecule has 2 rings (SSSR count). The fourth-order valence-corrected chi connectivity index (χ4v) is 2.82. The number of rotatable bonds is 7. The van der Waals surface area contributed by atoms with Crippen molar-refractivity contribution in [1.82, 2.24) is 15.0 Å². The summed E-state index contributed by atoms with van der Waals surface area (Å²) in [4.78, 5) is 14.1. The molecular formula is C16H17Cl4F3N6. The number of aromatic nitrogens is 3. The second-order valence-electron chi connectivity index (χ2n) is 5.74. The first-order valence-electron chi connectivity index (χ1n) is 8.37. The minimum atomic E-state index is -4.51. The number of anilines is 3. The zero-order valence-corrected chi connectivity index (χ0v) is 18.3. The molecule has 0 fully saturated rings. The van der Waals surface area contributed by atoms with Crippen LogP contribution < -0.4 is 15.5 Å². The second-order valence-corrected chi connectivity index (χ2v) is 8.45. The summed E-state index contributed by atoms with van der Waals surface area (Å²) in [5.41, 5.74) is -0.773. The molecule has 0 bridgehead atoms. The molecule has 29 heavy (non-hydrogen) atoms. The van der Waals surface area contributed by atoms with Crippen LogP contribution in [0.5, 0.6) is 0 Å². The van der Waals surface area contributed by atoms with Crippen LogP contribution in [0.15, 0.2) is 24.3 Å². The van der Waals surface area contributed by atoms with E-state index in [1.165, 1.54) is 12.1 Å². The molecule has 0 saturated carbocycles. The lowest BCUT2D eigenvalue weighted by atomic mass is 10.2. The van der Waals surface area contributed by atoms with Crippen LogP contribution in [0.25, 0.3) is 0 Å². The van der Waals surface area contributed by atoms with Gasteiger partial charge >= 0.3 is 6.18 Å². The Hall–Kier alpha value is -1.42. The average molecular weight is 492 g/mol. The molecule has 13 heteroatoms. The van der Waals surface area contributed by atoms with E-state index < -0.39 is 21.7 Å². The van der Waals surface area contributed by atoms with Gasteiger partial charge in [0.15, 0.2) is 0 Å². The zero-order chi connectivity index (χ0) is 21.8. The van der Waals surface area contributed by atoms with Gasteiger partial charge in [-0.25, -0.2) is 0 Å². The third kappa shape index (κ3) is 6.80. The summed E-state index contributed by atoms with van der Waals surface area (Å²) in [6.45, 7) is 5.06. The Kier molecular flexibility index (Phi) is 7.89. The van der Waals surface area contributed by atoms with Crippen molar-refractivity contribution in [2.45, 2.75) is 30.0 Å². The van der Waals surface area contributed by atoms with Crippen LogP contribution in [0, 0.1) is 0 Å². The van der Waals surface area contributed by atoms with Crippen LogP contribution in [0.2, 0.25) is 5.28 Å². The molecule has 0 aliphatic carbocycles. The summed E-state index contributed by atoms with van der Waals surface area (Å²) >= 11 is 23.9. The van der Waals surface area contributed by atoms with Gasteiger partial charge < -0.3 is 15.5 Å². The Balaban J connectivity index is 2.31. The van der Waals surface area contributed by atoms with Gasteiger partial charge in [0.1, 0.15) is 6.17 Å². The van der Waals surface area contributed by atoms with Crippen molar-refractivity contribution in [3.8, 4) is 0 Å². The number of hydrogen-bond donors (Lipinski definition) is 2. The zero-order valence-electron chi connectivity index (χ0n) is 15.2.